The molecule has 0 spiro atoms. The molecule has 3 nitrogen and oxygen atoms in total. The average Bonchev–Trinajstić information content (AvgIpc) is 1.82. The van der Waals surface area contributed by atoms with Crippen LogP contribution in [0.25, 0.3) is 0 Å². The first kappa shape index (κ1) is 10.8. The van der Waals surface area contributed by atoms with Gasteiger partial charge in [0.25, 0.3) is 0 Å². The topological polar surface area (TPSA) is 35.5 Å². The molecule has 0 aliphatic rings. The zero-order chi connectivity index (χ0) is 8.85. The Balaban J connectivity index is 3.38. The minimum absolute atomic E-state index is 0.0414. The van der Waals surface area contributed by atoms with Crippen LogP contribution in [-0.4, -0.2) is 17.5 Å². The fourth-order valence-electron chi connectivity index (χ4n) is 0.348. The molecule has 0 atom stereocenters. The molecule has 66 valence electrons. The van der Waals surface area contributed by atoms with E-state index in [1.54, 1.807) is 13.8 Å². The largest absolute Gasteiger partial charge is 0.453 e. The molecular weight excluding hydrogens is 164 g/mol. The zero-order valence-corrected chi connectivity index (χ0v) is 8.10. The average molecular weight is 178 g/mol. The van der Waals surface area contributed by atoms with Crippen LogP contribution >= 0.6 is 12.0 Å². The molecule has 0 bridgehead atoms. The van der Waals surface area contributed by atoms with E-state index in [4.69, 9.17) is 8.92 Å². The van der Waals surface area contributed by atoms with Crippen molar-refractivity contribution < 1.29 is 13.7 Å². The van der Waals surface area contributed by atoms with Crippen molar-refractivity contribution in [3.05, 3.63) is 0 Å². The first-order valence-electron chi connectivity index (χ1n) is 3.56. The standard InChI is InChI=1S/C7H14O3S/c1-5(2)9-7(8)11-10-6(3)4/h5-6H,1-4H3. The molecule has 0 radical (unpaired) electrons. The molecule has 0 amide bonds. The molecule has 0 aromatic carbocycles. The van der Waals surface area contributed by atoms with Crippen LogP contribution in [0.5, 0.6) is 0 Å². The molecule has 0 N–H and O–H groups in total. The summed E-state index contributed by atoms with van der Waals surface area (Å²) in [5.74, 6) is 0. The molecule has 0 rings (SSSR count). The normalized spacial score (nSPS) is 10.7. The highest BCUT2D eigenvalue weighted by molar-refractivity contribution is 8.09. The predicted molar refractivity (Wildman–Crippen MR) is 45.4 cm³/mol. The Bertz CT molecular complexity index is 123. The Labute approximate surface area is 71.6 Å². The molecular formula is C7H14O3S. The van der Waals surface area contributed by atoms with Crippen molar-refractivity contribution in [1.29, 1.82) is 0 Å². The lowest BCUT2D eigenvalue weighted by molar-refractivity contribution is 0.139. The van der Waals surface area contributed by atoms with Gasteiger partial charge in [0.2, 0.25) is 0 Å². The van der Waals surface area contributed by atoms with E-state index in [9.17, 15) is 4.79 Å². The zero-order valence-electron chi connectivity index (χ0n) is 7.29. The lowest BCUT2D eigenvalue weighted by Gasteiger charge is -2.07. The van der Waals surface area contributed by atoms with Crippen LogP contribution in [0.2, 0.25) is 0 Å². The number of hydrogen-bond acceptors (Lipinski definition) is 4. The van der Waals surface area contributed by atoms with E-state index < -0.39 is 0 Å². The van der Waals surface area contributed by atoms with Crippen LogP contribution in [0.4, 0.5) is 4.79 Å². The molecule has 0 aromatic rings. The summed E-state index contributed by atoms with van der Waals surface area (Å²) in [6.45, 7) is 7.31. The van der Waals surface area contributed by atoms with Gasteiger partial charge in [0.1, 0.15) is 12.0 Å². The minimum atomic E-state index is -0.381. The van der Waals surface area contributed by atoms with Gasteiger partial charge in [0.15, 0.2) is 0 Å². The second-order valence-corrected chi connectivity index (χ2v) is 3.34. The summed E-state index contributed by atoms with van der Waals surface area (Å²) in [6, 6.07) is 0. The third-order valence-corrected chi connectivity index (χ3v) is 1.35. The third-order valence-electron chi connectivity index (χ3n) is 0.641. The van der Waals surface area contributed by atoms with Gasteiger partial charge in [-0.3, -0.25) is 0 Å². The molecule has 0 saturated heterocycles. The third kappa shape index (κ3) is 7.68. The van der Waals surface area contributed by atoms with E-state index in [0.29, 0.717) is 0 Å². The second kappa shape index (κ2) is 5.43. The van der Waals surface area contributed by atoms with Crippen molar-refractivity contribution >= 4 is 17.3 Å². The summed E-state index contributed by atoms with van der Waals surface area (Å²) < 4.78 is 9.75. The van der Waals surface area contributed by atoms with Crippen LogP contribution in [-0.2, 0) is 8.92 Å². The Kier molecular flexibility index (Phi) is 5.32. The Hall–Kier alpha value is -0.220. The minimum Gasteiger partial charge on any atom is -0.453 e. The van der Waals surface area contributed by atoms with E-state index >= 15 is 0 Å². The highest BCUT2D eigenvalue weighted by Crippen LogP contribution is 2.11. The van der Waals surface area contributed by atoms with Gasteiger partial charge in [-0.05, 0) is 27.7 Å². The Morgan fingerprint density at radius 2 is 1.73 bits per heavy atom. The number of ether oxygens (including phenoxy) is 1. The van der Waals surface area contributed by atoms with Crippen molar-refractivity contribution in [2.24, 2.45) is 0 Å². The summed E-state index contributed by atoms with van der Waals surface area (Å²) >= 11 is 0.752. The molecule has 0 aromatic heterocycles. The van der Waals surface area contributed by atoms with Gasteiger partial charge >= 0.3 is 5.30 Å². The van der Waals surface area contributed by atoms with Gasteiger partial charge < -0.3 is 8.92 Å². The lowest BCUT2D eigenvalue weighted by Crippen LogP contribution is -2.08. The molecule has 4 heteroatoms. The molecule has 0 aliphatic carbocycles. The number of carbonyl (C=O) groups excluding carboxylic acids is 1. The second-order valence-electron chi connectivity index (χ2n) is 2.64. The molecule has 11 heavy (non-hydrogen) atoms. The van der Waals surface area contributed by atoms with Crippen molar-refractivity contribution in [2.45, 2.75) is 39.9 Å². The maximum absolute atomic E-state index is 10.8. The Morgan fingerprint density at radius 3 is 2.09 bits per heavy atom. The van der Waals surface area contributed by atoms with E-state index in [2.05, 4.69) is 0 Å². The highest BCUT2D eigenvalue weighted by atomic mass is 32.2. The number of carbonyl (C=O) groups is 1. The number of hydrogen-bond donors (Lipinski definition) is 0. The van der Waals surface area contributed by atoms with Crippen LogP contribution < -0.4 is 0 Å². The van der Waals surface area contributed by atoms with Crippen molar-refractivity contribution in [1.82, 2.24) is 0 Å². The first-order chi connectivity index (χ1) is 5.02. The van der Waals surface area contributed by atoms with E-state index in [1.807, 2.05) is 13.8 Å². The number of rotatable bonds is 3. The Morgan fingerprint density at radius 1 is 1.18 bits per heavy atom. The van der Waals surface area contributed by atoms with Crippen LogP contribution in [0.15, 0.2) is 0 Å². The molecule has 0 fully saturated rings. The van der Waals surface area contributed by atoms with Crippen molar-refractivity contribution in [2.75, 3.05) is 0 Å². The van der Waals surface area contributed by atoms with E-state index in [0.717, 1.165) is 12.0 Å². The summed E-state index contributed by atoms with van der Waals surface area (Å²) in [4.78, 5) is 10.8. The summed E-state index contributed by atoms with van der Waals surface area (Å²) in [6.07, 6.45) is -0.0366. The molecule has 0 aliphatic heterocycles. The van der Waals surface area contributed by atoms with Gasteiger partial charge in [-0.2, -0.15) is 0 Å². The van der Waals surface area contributed by atoms with Crippen LogP contribution in [0, 0.1) is 0 Å². The van der Waals surface area contributed by atoms with Gasteiger partial charge in [-0.1, -0.05) is 0 Å². The quantitative estimate of drug-likeness (QED) is 0.491. The molecule has 0 unspecified atom stereocenters. The van der Waals surface area contributed by atoms with Gasteiger partial charge in [-0.25, -0.2) is 4.79 Å². The van der Waals surface area contributed by atoms with Crippen LogP contribution in [0.1, 0.15) is 27.7 Å². The lowest BCUT2D eigenvalue weighted by atomic mass is 10.5. The molecule has 0 saturated carbocycles. The highest BCUT2D eigenvalue weighted by Gasteiger charge is 2.07. The SMILES string of the molecule is CC(C)OSC(=O)OC(C)C. The van der Waals surface area contributed by atoms with Crippen molar-refractivity contribution in [3.8, 4) is 0 Å². The van der Waals surface area contributed by atoms with E-state index in [1.165, 1.54) is 0 Å². The summed E-state index contributed by atoms with van der Waals surface area (Å²) in [7, 11) is 0. The predicted octanol–water partition coefficient (Wildman–Crippen LogP) is 2.60. The smallest absolute Gasteiger partial charge is 0.394 e. The first-order valence-corrected chi connectivity index (χ1v) is 4.30. The monoisotopic (exact) mass is 178 g/mol. The fraction of sp³-hybridized carbons (Fsp3) is 0.857. The summed E-state index contributed by atoms with van der Waals surface area (Å²) in [5, 5.41) is -0.381. The molecule has 0 heterocycles. The van der Waals surface area contributed by atoms with Gasteiger partial charge in [0, 0.05) is 0 Å². The maximum Gasteiger partial charge on any atom is 0.394 e. The van der Waals surface area contributed by atoms with Crippen molar-refractivity contribution in [3.63, 3.8) is 0 Å². The summed E-state index contributed by atoms with van der Waals surface area (Å²) in [5.41, 5.74) is 0. The maximum atomic E-state index is 10.8. The van der Waals surface area contributed by atoms with Gasteiger partial charge in [0.05, 0.1) is 12.2 Å². The fourth-order valence-corrected chi connectivity index (χ4v) is 0.850. The van der Waals surface area contributed by atoms with E-state index in [-0.39, 0.29) is 17.5 Å². The van der Waals surface area contributed by atoms with Crippen LogP contribution in [0.3, 0.4) is 0 Å². The van der Waals surface area contributed by atoms with Gasteiger partial charge in [-0.15, -0.1) is 0 Å².